The third-order valence-electron chi connectivity index (χ3n) is 2.55. The number of halogens is 2. The minimum atomic E-state index is -3.70. The first-order chi connectivity index (χ1) is 9.44. The number of hydrogen-bond donors (Lipinski definition) is 1. The van der Waals surface area contributed by atoms with Gasteiger partial charge in [-0.25, -0.2) is 8.42 Å². The van der Waals surface area contributed by atoms with Crippen molar-refractivity contribution in [1.82, 2.24) is 0 Å². The van der Waals surface area contributed by atoms with Crippen molar-refractivity contribution in [3.63, 3.8) is 0 Å². The Morgan fingerprint density at radius 3 is 2.50 bits per heavy atom. The third-order valence-corrected chi connectivity index (χ3v) is 4.86. The first-order valence-electron chi connectivity index (χ1n) is 5.55. The fraction of sp³-hybridized carbons (Fsp3) is 0.0769. The summed E-state index contributed by atoms with van der Waals surface area (Å²) in [7, 11) is -2.19. The summed E-state index contributed by atoms with van der Waals surface area (Å²) < 4.78 is 32.6. The Morgan fingerprint density at radius 2 is 1.90 bits per heavy atom. The summed E-state index contributed by atoms with van der Waals surface area (Å²) in [5.41, 5.74) is 0.334. The van der Waals surface area contributed by atoms with Gasteiger partial charge >= 0.3 is 0 Å². The second-order valence-electron chi connectivity index (χ2n) is 3.88. The van der Waals surface area contributed by atoms with Crippen LogP contribution < -0.4 is 9.46 Å². The number of nitrogens with one attached hydrogen (secondary N) is 1. The Labute approximate surface area is 130 Å². The third kappa shape index (κ3) is 3.26. The van der Waals surface area contributed by atoms with E-state index in [4.69, 9.17) is 16.3 Å². The monoisotopic (exact) mass is 375 g/mol. The molecule has 0 amide bonds. The maximum atomic E-state index is 12.3. The Hall–Kier alpha value is -1.24. The molecule has 0 saturated heterocycles. The lowest BCUT2D eigenvalue weighted by molar-refractivity contribution is 0.411. The van der Waals surface area contributed by atoms with Crippen molar-refractivity contribution < 1.29 is 13.2 Å². The molecule has 1 N–H and O–H groups in total. The summed E-state index contributed by atoms with van der Waals surface area (Å²) >= 11 is 9.20. The predicted octanol–water partition coefficient (Wildman–Crippen LogP) is 3.91. The lowest BCUT2D eigenvalue weighted by Gasteiger charge is -2.11. The van der Waals surface area contributed by atoms with E-state index in [-0.39, 0.29) is 4.90 Å². The van der Waals surface area contributed by atoms with Crippen LogP contribution in [0.3, 0.4) is 0 Å². The zero-order valence-electron chi connectivity index (χ0n) is 10.4. The van der Waals surface area contributed by atoms with Gasteiger partial charge in [-0.3, -0.25) is 4.72 Å². The minimum absolute atomic E-state index is 0.116. The number of methoxy groups -OCH3 is 1. The second kappa shape index (κ2) is 6.03. The Morgan fingerprint density at radius 1 is 1.20 bits per heavy atom. The molecule has 2 aromatic rings. The maximum Gasteiger partial charge on any atom is 0.261 e. The van der Waals surface area contributed by atoms with Crippen LogP contribution in [-0.4, -0.2) is 15.5 Å². The summed E-state index contributed by atoms with van der Waals surface area (Å²) in [5.74, 6) is 0.557. The minimum Gasteiger partial charge on any atom is -0.496 e. The van der Waals surface area contributed by atoms with Crippen LogP contribution in [-0.2, 0) is 10.0 Å². The smallest absolute Gasteiger partial charge is 0.261 e. The van der Waals surface area contributed by atoms with Gasteiger partial charge in [-0.05, 0) is 46.3 Å². The maximum absolute atomic E-state index is 12.3. The molecule has 0 heterocycles. The molecular formula is C13H11BrClNO3S. The predicted molar refractivity (Wildman–Crippen MR) is 83.0 cm³/mol. The van der Waals surface area contributed by atoms with Crippen LogP contribution in [0.15, 0.2) is 51.8 Å². The molecule has 0 radical (unpaired) electrons. The van der Waals surface area contributed by atoms with E-state index in [0.717, 1.165) is 0 Å². The van der Waals surface area contributed by atoms with Crippen molar-refractivity contribution in [2.45, 2.75) is 4.90 Å². The van der Waals surface area contributed by atoms with Gasteiger partial charge in [0.2, 0.25) is 0 Å². The van der Waals surface area contributed by atoms with Gasteiger partial charge in [0.25, 0.3) is 10.0 Å². The van der Waals surface area contributed by atoms with Gasteiger partial charge in [0.15, 0.2) is 0 Å². The van der Waals surface area contributed by atoms with Crippen molar-refractivity contribution in [3.8, 4) is 5.75 Å². The van der Waals surface area contributed by atoms with E-state index < -0.39 is 10.0 Å². The summed E-state index contributed by atoms with van der Waals surface area (Å²) in [6, 6.07) is 11.1. The number of benzene rings is 2. The standard InChI is InChI=1S/C13H11BrClNO3S/c1-19-13-7-6-9(8-10(13)14)20(17,18)16-12-5-3-2-4-11(12)15/h2-8,16H,1H3. The molecule has 0 unspecified atom stereocenters. The van der Waals surface area contributed by atoms with E-state index in [1.807, 2.05) is 0 Å². The SMILES string of the molecule is COc1ccc(S(=O)(=O)Nc2ccccc2Cl)cc1Br. The zero-order valence-corrected chi connectivity index (χ0v) is 13.6. The molecule has 0 aromatic heterocycles. The van der Waals surface area contributed by atoms with Crippen molar-refractivity contribution in [2.24, 2.45) is 0 Å². The lowest BCUT2D eigenvalue weighted by Crippen LogP contribution is -2.13. The van der Waals surface area contributed by atoms with Gasteiger partial charge in [0, 0.05) is 0 Å². The van der Waals surface area contributed by atoms with E-state index >= 15 is 0 Å². The number of anilines is 1. The fourth-order valence-corrected chi connectivity index (χ4v) is 3.60. The Balaban J connectivity index is 2.36. The van der Waals surface area contributed by atoms with Gasteiger partial charge in [-0.1, -0.05) is 23.7 Å². The molecule has 2 aromatic carbocycles. The number of ether oxygens (including phenoxy) is 1. The summed E-state index contributed by atoms with van der Waals surface area (Å²) in [5, 5.41) is 0.337. The number of sulfonamides is 1. The van der Waals surface area contributed by atoms with Crippen molar-refractivity contribution in [2.75, 3.05) is 11.8 Å². The largest absolute Gasteiger partial charge is 0.496 e. The normalized spacial score (nSPS) is 11.2. The van der Waals surface area contributed by atoms with Crippen LogP contribution in [0, 0.1) is 0 Å². The van der Waals surface area contributed by atoms with Gasteiger partial charge in [0.05, 0.1) is 27.2 Å². The van der Waals surface area contributed by atoms with Crippen molar-refractivity contribution in [3.05, 3.63) is 52.0 Å². The van der Waals surface area contributed by atoms with Crippen molar-refractivity contribution >= 4 is 43.2 Å². The molecule has 0 atom stereocenters. The lowest BCUT2D eigenvalue weighted by atomic mass is 10.3. The molecule has 7 heteroatoms. The topological polar surface area (TPSA) is 55.4 Å². The van der Waals surface area contributed by atoms with E-state index in [1.165, 1.54) is 19.2 Å². The summed E-state index contributed by atoms with van der Waals surface area (Å²) in [6.45, 7) is 0. The average molecular weight is 377 g/mol. The van der Waals surface area contributed by atoms with Crippen LogP contribution in [0.5, 0.6) is 5.75 Å². The summed E-state index contributed by atoms with van der Waals surface area (Å²) in [6.07, 6.45) is 0. The molecule has 0 fully saturated rings. The molecule has 4 nitrogen and oxygen atoms in total. The Kier molecular flexibility index (Phi) is 4.57. The average Bonchev–Trinajstić information content (AvgIpc) is 2.41. The Bertz CT molecular complexity index is 734. The van der Waals surface area contributed by atoms with Gasteiger partial charge in [0.1, 0.15) is 5.75 Å². The molecule has 0 saturated carbocycles. The first-order valence-corrected chi connectivity index (χ1v) is 8.20. The first kappa shape index (κ1) is 15.2. The van der Waals surface area contributed by atoms with Crippen molar-refractivity contribution in [1.29, 1.82) is 0 Å². The molecule has 0 aliphatic heterocycles. The molecule has 20 heavy (non-hydrogen) atoms. The molecule has 106 valence electrons. The highest BCUT2D eigenvalue weighted by atomic mass is 79.9. The molecule has 0 aliphatic rings. The van der Waals surface area contributed by atoms with E-state index in [0.29, 0.717) is 20.9 Å². The molecule has 0 bridgehead atoms. The molecule has 0 aliphatic carbocycles. The van der Waals surface area contributed by atoms with Crippen LogP contribution >= 0.6 is 27.5 Å². The number of rotatable bonds is 4. The van der Waals surface area contributed by atoms with E-state index in [1.54, 1.807) is 30.3 Å². The van der Waals surface area contributed by atoms with Crippen LogP contribution in [0.2, 0.25) is 5.02 Å². The highest BCUT2D eigenvalue weighted by Gasteiger charge is 2.17. The number of hydrogen-bond acceptors (Lipinski definition) is 3. The second-order valence-corrected chi connectivity index (χ2v) is 6.83. The highest BCUT2D eigenvalue weighted by Crippen LogP contribution is 2.29. The highest BCUT2D eigenvalue weighted by molar-refractivity contribution is 9.10. The summed E-state index contributed by atoms with van der Waals surface area (Å²) in [4.78, 5) is 0.116. The molecule has 2 rings (SSSR count). The number of para-hydroxylation sites is 1. The van der Waals surface area contributed by atoms with Crippen LogP contribution in [0.25, 0.3) is 0 Å². The fourth-order valence-electron chi connectivity index (χ4n) is 1.56. The quantitative estimate of drug-likeness (QED) is 0.880. The van der Waals surface area contributed by atoms with Crippen LogP contribution in [0.4, 0.5) is 5.69 Å². The van der Waals surface area contributed by atoms with E-state index in [2.05, 4.69) is 20.7 Å². The van der Waals surface area contributed by atoms with Gasteiger partial charge < -0.3 is 4.74 Å². The van der Waals surface area contributed by atoms with Gasteiger partial charge in [-0.15, -0.1) is 0 Å². The molecular weight excluding hydrogens is 366 g/mol. The zero-order chi connectivity index (χ0) is 14.8. The van der Waals surface area contributed by atoms with E-state index in [9.17, 15) is 8.42 Å². The van der Waals surface area contributed by atoms with Crippen LogP contribution in [0.1, 0.15) is 0 Å². The molecule has 0 spiro atoms. The van der Waals surface area contributed by atoms with Gasteiger partial charge in [-0.2, -0.15) is 0 Å².